The summed E-state index contributed by atoms with van der Waals surface area (Å²) in [6.45, 7) is 4.71. The summed E-state index contributed by atoms with van der Waals surface area (Å²) in [6.07, 6.45) is 2.44. The van der Waals surface area contributed by atoms with Crippen LogP contribution in [0.2, 0.25) is 5.02 Å². The van der Waals surface area contributed by atoms with Crippen LogP contribution in [0.3, 0.4) is 0 Å². The fourth-order valence-corrected chi connectivity index (χ4v) is 4.91. The van der Waals surface area contributed by atoms with E-state index in [2.05, 4.69) is 6.92 Å². The Morgan fingerprint density at radius 3 is 2.64 bits per heavy atom. The highest BCUT2D eigenvalue weighted by atomic mass is 35.5. The smallest absolute Gasteiger partial charge is 0.266 e. The van der Waals surface area contributed by atoms with E-state index in [4.69, 9.17) is 16.6 Å². The Balaban J connectivity index is 1.95. The molecule has 0 spiro atoms. The summed E-state index contributed by atoms with van der Waals surface area (Å²) in [5.74, 6) is 0.509. The van der Waals surface area contributed by atoms with Crippen molar-refractivity contribution < 1.29 is 4.79 Å². The summed E-state index contributed by atoms with van der Waals surface area (Å²) in [7, 11) is 0. The molecule has 0 N–H and O–H groups in total. The highest BCUT2D eigenvalue weighted by Crippen LogP contribution is 2.29. The zero-order valence-electron chi connectivity index (χ0n) is 18.7. The Hall–Kier alpha value is -2.96. The van der Waals surface area contributed by atoms with Crippen LogP contribution in [0, 0.1) is 0 Å². The van der Waals surface area contributed by atoms with Crippen molar-refractivity contribution in [3.8, 4) is 5.69 Å². The van der Waals surface area contributed by atoms with Crippen LogP contribution in [0.25, 0.3) is 16.6 Å². The second-order valence-electron chi connectivity index (χ2n) is 7.86. The second-order valence-corrected chi connectivity index (χ2v) is 9.25. The Kier molecular flexibility index (Phi) is 7.26. The second kappa shape index (κ2) is 10.3. The Morgan fingerprint density at radius 1 is 1.12 bits per heavy atom. The number of benzene rings is 2. The monoisotopic (exact) mass is 479 g/mol. The number of hydrogen-bond donors (Lipinski definition) is 0. The van der Waals surface area contributed by atoms with Gasteiger partial charge in [0.25, 0.3) is 11.5 Å². The number of carbonyl (C=O) groups excluding carboxylic acids is 1. The molecule has 0 radical (unpaired) electrons. The van der Waals surface area contributed by atoms with E-state index in [1.54, 1.807) is 22.8 Å². The maximum atomic E-state index is 13.7. The van der Waals surface area contributed by atoms with Crippen LogP contribution in [-0.4, -0.2) is 26.9 Å². The predicted octanol–water partition coefficient (Wildman–Crippen LogP) is 6.49. The first-order chi connectivity index (χ1) is 16.0. The lowest BCUT2D eigenvalue weighted by Crippen LogP contribution is -2.39. The van der Waals surface area contributed by atoms with E-state index < -0.39 is 0 Å². The molecular formula is C26H26ClN3O2S. The number of thiophene rings is 1. The van der Waals surface area contributed by atoms with Gasteiger partial charge in [0.15, 0.2) is 0 Å². The number of nitrogens with zero attached hydrogens (tertiary/aromatic N) is 3. The molecule has 0 saturated heterocycles. The summed E-state index contributed by atoms with van der Waals surface area (Å²) >= 11 is 7.71. The first-order valence-corrected chi connectivity index (χ1v) is 12.4. The van der Waals surface area contributed by atoms with Crippen LogP contribution in [0.1, 0.15) is 54.6 Å². The molecule has 2 aromatic carbocycles. The predicted molar refractivity (Wildman–Crippen MR) is 136 cm³/mol. The number of fused-ring (bicyclic) bond motifs is 1. The van der Waals surface area contributed by atoms with E-state index in [9.17, 15) is 9.59 Å². The molecule has 1 unspecified atom stereocenters. The lowest BCUT2D eigenvalue weighted by atomic mass is 10.1. The van der Waals surface area contributed by atoms with Crippen molar-refractivity contribution in [3.63, 3.8) is 0 Å². The average Bonchev–Trinajstić information content (AvgIpc) is 3.36. The van der Waals surface area contributed by atoms with Gasteiger partial charge in [-0.05, 0) is 54.6 Å². The van der Waals surface area contributed by atoms with E-state index in [1.807, 2.05) is 59.7 Å². The lowest BCUT2D eigenvalue weighted by molar-refractivity contribution is 0.0661. The fourth-order valence-electron chi connectivity index (χ4n) is 4.05. The quantitative estimate of drug-likeness (QED) is 0.290. The maximum absolute atomic E-state index is 13.7. The van der Waals surface area contributed by atoms with Crippen molar-refractivity contribution >= 4 is 39.7 Å². The number of para-hydroxylation sites is 1. The maximum Gasteiger partial charge on any atom is 0.266 e. The Morgan fingerprint density at radius 2 is 1.94 bits per heavy atom. The van der Waals surface area contributed by atoms with E-state index in [-0.39, 0.29) is 17.5 Å². The molecule has 4 aromatic rings. The van der Waals surface area contributed by atoms with Gasteiger partial charge in [0.1, 0.15) is 5.82 Å². The van der Waals surface area contributed by atoms with Crippen LogP contribution < -0.4 is 5.56 Å². The van der Waals surface area contributed by atoms with Crippen molar-refractivity contribution in [1.82, 2.24) is 14.5 Å². The van der Waals surface area contributed by atoms with E-state index >= 15 is 0 Å². The highest BCUT2D eigenvalue weighted by molar-refractivity contribution is 7.12. The molecule has 1 amide bonds. The molecular weight excluding hydrogens is 454 g/mol. The number of unbranched alkanes of at least 4 members (excludes halogenated alkanes) is 1. The van der Waals surface area contributed by atoms with Crippen LogP contribution in [0.15, 0.2) is 70.8 Å². The largest absolute Gasteiger partial charge is 0.328 e. The number of hydrogen-bond acceptors (Lipinski definition) is 4. The van der Waals surface area contributed by atoms with Gasteiger partial charge < -0.3 is 4.90 Å². The van der Waals surface area contributed by atoms with Gasteiger partial charge >= 0.3 is 0 Å². The van der Waals surface area contributed by atoms with E-state index in [0.717, 1.165) is 12.8 Å². The Labute approximate surface area is 202 Å². The third-order valence-corrected chi connectivity index (χ3v) is 6.77. The van der Waals surface area contributed by atoms with Crippen LogP contribution in [-0.2, 0) is 0 Å². The molecule has 5 nitrogen and oxygen atoms in total. The van der Waals surface area contributed by atoms with Gasteiger partial charge in [-0.1, -0.05) is 56.1 Å². The highest BCUT2D eigenvalue weighted by Gasteiger charge is 2.29. The van der Waals surface area contributed by atoms with E-state index in [0.29, 0.717) is 45.3 Å². The molecule has 33 heavy (non-hydrogen) atoms. The first-order valence-electron chi connectivity index (χ1n) is 11.2. The summed E-state index contributed by atoms with van der Waals surface area (Å²) in [4.78, 5) is 34.7. The van der Waals surface area contributed by atoms with Crippen LogP contribution in [0.5, 0.6) is 0 Å². The standard InChI is InChI=1S/C26H26ClN3O2S/c1-3-5-15-29(26(32)23-14-9-16-33-23)22(4-2)24-28-21-13-7-6-12-20(21)25(31)30(24)19-11-8-10-18(27)17-19/h6-14,16-17,22H,3-5,15H2,1-2H3. The molecule has 170 valence electrons. The third kappa shape index (κ3) is 4.72. The Bertz CT molecular complexity index is 1320. The number of halogens is 1. The van der Waals surface area contributed by atoms with Crippen LogP contribution >= 0.6 is 22.9 Å². The summed E-state index contributed by atoms with van der Waals surface area (Å²) in [5, 5.41) is 2.97. The minimum absolute atomic E-state index is 0.0367. The topological polar surface area (TPSA) is 55.2 Å². The zero-order valence-corrected chi connectivity index (χ0v) is 20.3. The molecule has 4 rings (SSSR count). The van der Waals surface area contributed by atoms with Crippen molar-refractivity contribution in [1.29, 1.82) is 0 Å². The van der Waals surface area contributed by atoms with Crippen molar-refractivity contribution in [2.75, 3.05) is 6.54 Å². The summed E-state index contributed by atoms with van der Waals surface area (Å²) in [6, 6.07) is 17.9. The average molecular weight is 480 g/mol. The SMILES string of the molecule is CCCCN(C(=O)c1cccs1)C(CC)c1nc2ccccc2c(=O)n1-c1cccc(Cl)c1. The molecule has 0 bridgehead atoms. The number of carbonyl (C=O) groups is 1. The minimum atomic E-state index is -0.373. The minimum Gasteiger partial charge on any atom is -0.328 e. The fraction of sp³-hybridized carbons (Fsp3) is 0.269. The molecule has 2 aromatic heterocycles. The first kappa shape index (κ1) is 23.2. The number of amides is 1. The van der Waals surface area contributed by atoms with Crippen LogP contribution in [0.4, 0.5) is 0 Å². The summed E-state index contributed by atoms with van der Waals surface area (Å²) in [5.41, 5.74) is 1.08. The molecule has 0 aliphatic heterocycles. The molecule has 0 aliphatic rings. The van der Waals surface area contributed by atoms with E-state index in [1.165, 1.54) is 11.3 Å². The van der Waals surface area contributed by atoms with Gasteiger partial charge in [-0.2, -0.15) is 0 Å². The van der Waals surface area contributed by atoms with Gasteiger partial charge in [0, 0.05) is 11.6 Å². The number of rotatable bonds is 8. The van der Waals surface area contributed by atoms with Gasteiger partial charge in [-0.3, -0.25) is 14.2 Å². The number of aromatic nitrogens is 2. The molecule has 0 aliphatic carbocycles. The normalized spacial score (nSPS) is 12.1. The molecule has 0 saturated carbocycles. The molecule has 0 fully saturated rings. The van der Waals surface area contributed by atoms with Crippen molar-refractivity contribution in [2.45, 2.75) is 39.2 Å². The van der Waals surface area contributed by atoms with Gasteiger partial charge in [0.2, 0.25) is 0 Å². The third-order valence-electron chi connectivity index (χ3n) is 5.67. The molecule has 1 atom stereocenters. The molecule has 7 heteroatoms. The zero-order chi connectivity index (χ0) is 23.4. The van der Waals surface area contributed by atoms with Crippen molar-refractivity contribution in [2.24, 2.45) is 0 Å². The van der Waals surface area contributed by atoms with Gasteiger partial charge in [-0.25, -0.2) is 4.98 Å². The van der Waals surface area contributed by atoms with Gasteiger partial charge in [-0.15, -0.1) is 11.3 Å². The van der Waals surface area contributed by atoms with Crippen molar-refractivity contribution in [3.05, 3.63) is 92.1 Å². The van der Waals surface area contributed by atoms with Gasteiger partial charge in [0.05, 0.1) is 27.5 Å². The summed E-state index contributed by atoms with van der Waals surface area (Å²) < 4.78 is 1.61. The lowest BCUT2D eigenvalue weighted by Gasteiger charge is -2.32. The molecule has 2 heterocycles.